The van der Waals surface area contributed by atoms with Crippen LogP contribution in [0.1, 0.15) is 38.0 Å². The third-order valence-electron chi connectivity index (χ3n) is 4.02. The zero-order valence-corrected chi connectivity index (χ0v) is 15.5. The predicted molar refractivity (Wildman–Crippen MR) is 99.8 cm³/mol. The molecule has 0 aliphatic heterocycles. The van der Waals surface area contributed by atoms with Gasteiger partial charge in [0.05, 0.1) is 6.54 Å². The maximum Gasteiger partial charge on any atom is 0.246 e. The number of nitrogens with one attached hydrogen (secondary N) is 1. The summed E-state index contributed by atoms with van der Waals surface area (Å²) in [5, 5.41) is 6.77. The summed E-state index contributed by atoms with van der Waals surface area (Å²) < 4.78 is 12.7. The number of rotatable bonds is 9. The summed E-state index contributed by atoms with van der Waals surface area (Å²) in [7, 11) is 0. The van der Waals surface area contributed by atoms with Gasteiger partial charge >= 0.3 is 0 Å². The lowest BCUT2D eigenvalue weighted by Crippen LogP contribution is -2.32. The van der Waals surface area contributed by atoms with E-state index in [0.717, 1.165) is 12.2 Å². The van der Waals surface area contributed by atoms with Gasteiger partial charge in [-0.25, -0.2) is 0 Å². The highest BCUT2D eigenvalue weighted by atomic mass is 16.5. The number of amides is 1. The van der Waals surface area contributed by atoms with Crippen molar-refractivity contribution in [3.05, 3.63) is 66.6 Å². The number of benzene rings is 1. The Kier molecular flexibility index (Phi) is 6.25. The number of ether oxygens (including phenoxy) is 1. The van der Waals surface area contributed by atoms with Gasteiger partial charge in [0, 0.05) is 12.4 Å². The van der Waals surface area contributed by atoms with Crippen LogP contribution in [-0.4, -0.2) is 20.6 Å². The van der Waals surface area contributed by atoms with E-state index in [2.05, 4.69) is 29.3 Å². The summed E-state index contributed by atoms with van der Waals surface area (Å²) in [6, 6.07) is 13.0. The Morgan fingerprint density at radius 2 is 1.93 bits per heavy atom. The molecule has 3 aromatic rings. The highest BCUT2D eigenvalue weighted by Crippen LogP contribution is 2.18. The molecule has 2 aromatic heterocycles. The predicted octanol–water partition coefficient (Wildman–Crippen LogP) is 3.35. The molecule has 1 N–H and O–H groups in total. The second kappa shape index (κ2) is 9.02. The van der Waals surface area contributed by atoms with Gasteiger partial charge in [0.2, 0.25) is 17.6 Å². The largest absolute Gasteiger partial charge is 0.485 e. The van der Waals surface area contributed by atoms with Gasteiger partial charge in [-0.1, -0.05) is 37.2 Å². The number of carbonyl (C=O) groups excluding carboxylic acids is 1. The average Bonchev–Trinajstić information content (AvgIpc) is 3.35. The van der Waals surface area contributed by atoms with Crippen LogP contribution in [0.25, 0.3) is 0 Å². The smallest absolute Gasteiger partial charge is 0.246 e. The Labute approximate surface area is 158 Å². The number of hydrogen-bond donors (Lipinski definition) is 1. The molecule has 1 amide bonds. The molecule has 0 saturated carbocycles. The van der Waals surface area contributed by atoms with Crippen LogP contribution in [0.3, 0.4) is 0 Å². The second-order valence-electron chi connectivity index (χ2n) is 6.70. The summed E-state index contributed by atoms with van der Waals surface area (Å²) in [6.07, 6.45) is 4.55. The first-order valence-electron chi connectivity index (χ1n) is 9.01. The first-order valence-corrected chi connectivity index (χ1v) is 9.01. The topological polar surface area (TPSA) is 82.2 Å². The highest BCUT2D eigenvalue weighted by molar-refractivity contribution is 5.80. The van der Waals surface area contributed by atoms with Gasteiger partial charge in [0.1, 0.15) is 11.8 Å². The zero-order valence-electron chi connectivity index (χ0n) is 15.5. The zero-order chi connectivity index (χ0) is 19.1. The lowest BCUT2D eigenvalue weighted by molar-refractivity contribution is -0.125. The SMILES string of the molecule is CC(C)CC(C(=O)NCc1nc(COc2ccccc2)no1)n1cccc1. The molecule has 2 heterocycles. The molecule has 0 aliphatic rings. The molecule has 27 heavy (non-hydrogen) atoms. The van der Waals surface area contributed by atoms with E-state index < -0.39 is 0 Å². The quantitative estimate of drug-likeness (QED) is 0.626. The molecule has 0 fully saturated rings. The molecule has 1 unspecified atom stereocenters. The Balaban J connectivity index is 1.53. The molecule has 1 aromatic carbocycles. The number of hydrogen-bond acceptors (Lipinski definition) is 5. The van der Waals surface area contributed by atoms with Gasteiger partial charge in [-0.2, -0.15) is 4.98 Å². The first-order chi connectivity index (χ1) is 13.1. The standard InChI is InChI=1S/C20H24N4O3/c1-15(2)12-17(24-10-6-7-11-24)20(25)21-13-19-22-18(23-27-19)14-26-16-8-4-3-5-9-16/h3-11,15,17H,12-14H2,1-2H3,(H,21,25). The minimum absolute atomic E-state index is 0.0693. The van der Waals surface area contributed by atoms with Crippen LogP contribution in [-0.2, 0) is 17.9 Å². The average molecular weight is 368 g/mol. The lowest BCUT2D eigenvalue weighted by Gasteiger charge is -2.20. The van der Waals surface area contributed by atoms with Crippen molar-refractivity contribution >= 4 is 5.91 Å². The van der Waals surface area contributed by atoms with E-state index in [1.54, 1.807) is 0 Å². The maximum atomic E-state index is 12.6. The molecule has 0 spiro atoms. The van der Waals surface area contributed by atoms with Crippen LogP contribution < -0.4 is 10.1 Å². The number of para-hydroxylation sites is 1. The first kappa shape index (κ1) is 18.7. The van der Waals surface area contributed by atoms with E-state index in [1.165, 1.54) is 0 Å². The maximum absolute atomic E-state index is 12.6. The summed E-state index contributed by atoms with van der Waals surface area (Å²) in [6.45, 7) is 4.59. The molecule has 1 atom stereocenters. The van der Waals surface area contributed by atoms with Gasteiger partial charge in [0.15, 0.2) is 6.61 Å². The van der Waals surface area contributed by atoms with E-state index in [0.29, 0.717) is 17.6 Å². The fourth-order valence-electron chi connectivity index (χ4n) is 2.73. The Hall–Kier alpha value is -3.09. The Morgan fingerprint density at radius 1 is 1.19 bits per heavy atom. The van der Waals surface area contributed by atoms with Gasteiger partial charge in [-0.05, 0) is 36.6 Å². The minimum Gasteiger partial charge on any atom is -0.485 e. The van der Waals surface area contributed by atoms with Gasteiger partial charge < -0.3 is 19.1 Å². The lowest BCUT2D eigenvalue weighted by atomic mass is 10.0. The van der Waals surface area contributed by atoms with Crippen LogP contribution in [0.4, 0.5) is 0 Å². The van der Waals surface area contributed by atoms with Crippen molar-refractivity contribution in [2.45, 2.75) is 39.5 Å². The molecule has 0 bridgehead atoms. The van der Waals surface area contributed by atoms with E-state index in [1.807, 2.05) is 59.4 Å². The monoisotopic (exact) mass is 368 g/mol. The molecule has 3 rings (SSSR count). The summed E-state index contributed by atoms with van der Waals surface area (Å²) >= 11 is 0. The number of carbonyl (C=O) groups is 1. The molecule has 7 nitrogen and oxygen atoms in total. The van der Waals surface area contributed by atoms with Gasteiger partial charge in [-0.15, -0.1) is 0 Å². The molecule has 142 valence electrons. The Morgan fingerprint density at radius 3 is 2.63 bits per heavy atom. The van der Waals surface area contributed by atoms with Crippen LogP contribution in [0, 0.1) is 5.92 Å². The molecule has 0 aliphatic carbocycles. The highest BCUT2D eigenvalue weighted by Gasteiger charge is 2.21. The molecular weight excluding hydrogens is 344 g/mol. The van der Waals surface area contributed by atoms with Crippen molar-refractivity contribution in [3.63, 3.8) is 0 Å². The van der Waals surface area contributed by atoms with Crippen molar-refractivity contribution in [1.29, 1.82) is 0 Å². The van der Waals surface area contributed by atoms with Gasteiger partial charge in [-0.3, -0.25) is 4.79 Å². The fraction of sp³-hybridized carbons (Fsp3) is 0.350. The second-order valence-corrected chi connectivity index (χ2v) is 6.70. The molecular formula is C20H24N4O3. The summed E-state index contributed by atoms with van der Waals surface area (Å²) in [5.41, 5.74) is 0. The van der Waals surface area contributed by atoms with Crippen molar-refractivity contribution in [3.8, 4) is 5.75 Å². The van der Waals surface area contributed by atoms with Crippen LogP contribution >= 0.6 is 0 Å². The third kappa shape index (κ3) is 5.44. The van der Waals surface area contributed by atoms with E-state index in [9.17, 15) is 4.79 Å². The molecule has 7 heteroatoms. The Bertz CT molecular complexity index is 828. The van der Waals surface area contributed by atoms with Crippen molar-refractivity contribution in [2.24, 2.45) is 5.92 Å². The fourth-order valence-corrected chi connectivity index (χ4v) is 2.73. The van der Waals surface area contributed by atoms with Crippen molar-refractivity contribution < 1.29 is 14.1 Å². The van der Waals surface area contributed by atoms with Crippen LogP contribution in [0.2, 0.25) is 0 Å². The van der Waals surface area contributed by atoms with Crippen molar-refractivity contribution in [2.75, 3.05) is 0 Å². The number of aromatic nitrogens is 3. The summed E-state index contributed by atoms with van der Waals surface area (Å²) in [4.78, 5) is 16.9. The van der Waals surface area contributed by atoms with E-state index >= 15 is 0 Å². The van der Waals surface area contributed by atoms with E-state index in [4.69, 9.17) is 9.26 Å². The van der Waals surface area contributed by atoms with Crippen LogP contribution in [0.5, 0.6) is 5.75 Å². The van der Waals surface area contributed by atoms with Crippen molar-refractivity contribution in [1.82, 2.24) is 20.0 Å². The molecule has 0 radical (unpaired) electrons. The van der Waals surface area contributed by atoms with Gasteiger partial charge in [0.25, 0.3) is 0 Å². The number of nitrogens with zero attached hydrogens (tertiary/aromatic N) is 3. The minimum atomic E-state index is -0.260. The third-order valence-corrected chi connectivity index (χ3v) is 4.02. The normalized spacial score (nSPS) is 12.1. The summed E-state index contributed by atoms with van der Waals surface area (Å²) in [5.74, 6) is 1.85. The molecule has 0 saturated heterocycles. The van der Waals surface area contributed by atoms with E-state index in [-0.39, 0.29) is 25.1 Å². The van der Waals surface area contributed by atoms with Crippen LogP contribution in [0.15, 0.2) is 59.4 Å².